The summed E-state index contributed by atoms with van der Waals surface area (Å²) in [7, 11) is 3.28. The van der Waals surface area contributed by atoms with E-state index in [4.69, 9.17) is 20.2 Å². The van der Waals surface area contributed by atoms with Crippen LogP contribution in [0, 0.1) is 0 Å². The minimum absolute atomic E-state index is 0.358. The van der Waals surface area contributed by atoms with Gasteiger partial charge in [-0.25, -0.2) is 9.97 Å². The Morgan fingerprint density at radius 1 is 0.971 bits per heavy atom. The largest absolute Gasteiger partial charge is 0.493 e. The Morgan fingerprint density at radius 3 is 2.56 bits per heavy atom. The van der Waals surface area contributed by atoms with Gasteiger partial charge >= 0.3 is 0 Å². The molecule has 1 aliphatic rings. The van der Waals surface area contributed by atoms with Crippen LogP contribution >= 0.6 is 11.8 Å². The van der Waals surface area contributed by atoms with E-state index in [1.54, 1.807) is 26.0 Å². The van der Waals surface area contributed by atoms with Crippen LogP contribution in [0.1, 0.15) is 44.0 Å². The molecule has 2 heterocycles. The second-order valence-corrected chi connectivity index (χ2v) is 9.31. The SMILES string of the molecule is COc1ccc(-c2nnc(SCc3nc(N)c4ccccc4n3)n2C2CCCCC2)cc1OC. The predicted molar refractivity (Wildman–Crippen MR) is 134 cm³/mol. The van der Waals surface area contributed by atoms with Gasteiger partial charge in [-0.3, -0.25) is 4.57 Å². The maximum Gasteiger partial charge on any atom is 0.192 e. The normalized spacial score (nSPS) is 14.4. The molecule has 0 unspecified atom stereocenters. The van der Waals surface area contributed by atoms with E-state index in [-0.39, 0.29) is 0 Å². The third-order valence-electron chi connectivity index (χ3n) is 6.26. The number of aromatic nitrogens is 5. The summed E-state index contributed by atoms with van der Waals surface area (Å²) in [4.78, 5) is 9.22. The topological polar surface area (TPSA) is 101 Å². The van der Waals surface area contributed by atoms with E-state index < -0.39 is 0 Å². The standard InChI is InChI=1S/C25H28N6O2S/c1-32-20-13-12-16(14-21(20)33-2)24-29-30-25(31(24)17-8-4-3-5-9-17)34-15-22-27-19-11-7-6-10-18(19)23(26)28-22/h6-7,10-14,17H,3-5,8-9,15H2,1-2H3,(H2,26,27,28). The average Bonchev–Trinajstić information content (AvgIpc) is 3.31. The van der Waals surface area contributed by atoms with Gasteiger partial charge in [-0.05, 0) is 43.2 Å². The van der Waals surface area contributed by atoms with E-state index in [9.17, 15) is 0 Å². The molecule has 5 rings (SSSR count). The first kappa shape index (κ1) is 22.5. The van der Waals surface area contributed by atoms with Crippen molar-refractivity contribution in [1.29, 1.82) is 0 Å². The second kappa shape index (κ2) is 9.89. The molecule has 9 heteroatoms. The van der Waals surface area contributed by atoms with Gasteiger partial charge in [0.25, 0.3) is 0 Å². The molecule has 1 fully saturated rings. The van der Waals surface area contributed by atoms with Crippen molar-refractivity contribution in [2.75, 3.05) is 20.0 Å². The first-order valence-electron chi connectivity index (χ1n) is 11.5. The molecule has 2 N–H and O–H groups in total. The van der Waals surface area contributed by atoms with Crippen molar-refractivity contribution in [2.45, 2.75) is 49.1 Å². The molecule has 8 nitrogen and oxygen atoms in total. The number of thioether (sulfide) groups is 1. The highest BCUT2D eigenvalue weighted by atomic mass is 32.2. The third kappa shape index (κ3) is 4.40. The number of para-hydroxylation sites is 1. The molecule has 4 aromatic rings. The smallest absolute Gasteiger partial charge is 0.192 e. The molecule has 1 aliphatic carbocycles. The summed E-state index contributed by atoms with van der Waals surface area (Å²) in [5.74, 6) is 3.96. The van der Waals surface area contributed by atoms with Crippen LogP contribution in [-0.4, -0.2) is 39.0 Å². The minimum Gasteiger partial charge on any atom is -0.493 e. The number of hydrogen-bond donors (Lipinski definition) is 1. The third-order valence-corrected chi connectivity index (χ3v) is 7.19. The molecule has 0 spiro atoms. The highest BCUT2D eigenvalue weighted by Gasteiger charge is 2.25. The van der Waals surface area contributed by atoms with Gasteiger partial charge < -0.3 is 15.2 Å². The zero-order valence-electron chi connectivity index (χ0n) is 19.4. The Morgan fingerprint density at radius 2 is 1.76 bits per heavy atom. The second-order valence-electron chi connectivity index (χ2n) is 8.37. The number of nitrogen functional groups attached to an aromatic ring is 1. The lowest BCUT2D eigenvalue weighted by molar-refractivity contribution is 0.339. The lowest BCUT2D eigenvalue weighted by Crippen LogP contribution is -2.15. The van der Waals surface area contributed by atoms with Crippen LogP contribution in [-0.2, 0) is 5.75 Å². The molecule has 34 heavy (non-hydrogen) atoms. The Hall–Kier alpha value is -3.33. The van der Waals surface area contributed by atoms with Gasteiger partial charge in [-0.2, -0.15) is 0 Å². The molecular formula is C25H28N6O2S. The van der Waals surface area contributed by atoms with Crippen LogP contribution in [0.5, 0.6) is 11.5 Å². The van der Waals surface area contributed by atoms with E-state index >= 15 is 0 Å². The van der Waals surface area contributed by atoms with Gasteiger partial charge in [-0.15, -0.1) is 10.2 Å². The predicted octanol–water partition coefficient (Wildman–Crippen LogP) is 5.29. The Balaban J connectivity index is 1.48. The van der Waals surface area contributed by atoms with Crippen molar-refractivity contribution < 1.29 is 9.47 Å². The zero-order chi connectivity index (χ0) is 23.5. The number of ether oxygens (including phenoxy) is 2. The van der Waals surface area contributed by atoms with E-state index in [0.29, 0.717) is 34.9 Å². The maximum absolute atomic E-state index is 6.19. The molecule has 0 saturated heterocycles. The van der Waals surface area contributed by atoms with Crippen molar-refractivity contribution in [1.82, 2.24) is 24.7 Å². The van der Waals surface area contributed by atoms with Crippen molar-refractivity contribution >= 4 is 28.5 Å². The monoisotopic (exact) mass is 476 g/mol. The number of nitrogens with two attached hydrogens (primary N) is 1. The summed E-state index contributed by atoms with van der Waals surface area (Å²) < 4.78 is 13.2. The fourth-order valence-corrected chi connectivity index (χ4v) is 5.42. The van der Waals surface area contributed by atoms with Gasteiger partial charge in [0, 0.05) is 17.0 Å². The lowest BCUT2D eigenvalue weighted by atomic mass is 9.95. The minimum atomic E-state index is 0.358. The Kier molecular flexibility index (Phi) is 6.53. The maximum atomic E-state index is 6.19. The number of anilines is 1. The summed E-state index contributed by atoms with van der Waals surface area (Å²) in [5, 5.41) is 10.9. The first-order valence-corrected chi connectivity index (χ1v) is 12.5. The van der Waals surface area contributed by atoms with E-state index in [1.165, 1.54) is 19.3 Å². The number of fused-ring (bicyclic) bond motifs is 1. The molecule has 0 amide bonds. The molecule has 2 aromatic heterocycles. The summed E-state index contributed by atoms with van der Waals surface area (Å²) in [5.41, 5.74) is 7.99. The van der Waals surface area contributed by atoms with Crippen LogP contribution in [0.3, 0.4) is 0 Å². The number of methoxy groups -OCH3 is 2. The van der Waals surface area contributed by atoms with E-state index in [1.807, 2.05) is 42.5 Å². The van der Waals surface area contributed by atoms with Crippen molar-refractivity contribution in [2.24, 2.45) is 0 Å². The van der Waals surface area contributed by atoms with Crippen LogP contribution in [0.4, 0.5) is 5.82 Å². The summed E-state index contributed by atoms with van der Waals surface area (Å²) in [6.07, 6.45) is 5.93. The summed E-state index contributed by atoms with van der Waals surface area (Å²) in [6.45, 7) is 0. The van der Waals surface area contributed by atoms with Crippen LogP contribution in [0.25, 0.3) is 22.3 Å². The van der Waals surface area contributed by atoms with Crippen molar-refractivity contribution in [3.63, 3.8) is 0 Å². The summed E-state index contributed by atoms with van der Waals surface area (Å²) in [6, 6.07) is 14.0. The van der Waals surface area contributed by atoms with Crippen molar-refractivity contribution in [3.05, 3.63) is 48.3 Å². The summed E-state index contributed by atoms with van der Waals surface area (Å²) >= 11 is 1.60. The average molecular weight is 477 g/mol. The lowest BCUT2D eigenvalue weighted by Gasteiger charge is -2.25. The highest BCUT2D eigenvalue weighted by molar-refractivity contribution is 7.98. The zero-order valence-corrected chi connectivity index (χ0v) is 20.2. The van der Waals surface area contributed by atoms with Crippen molar-refractivity contribution in [3.8, 4) is 22.9 Å². The molecule has 2 aromatic carbocycles. The fraction of sp³-hybridized carbons (Fsp3) is 0.360. The van der Waals surface area contributed by atoms with Crippen LogP contribution in [0.15, 0.2) is 47.6 Å². The molecule has 0 bridgehead atoms. The van der Waals surface area contributed by atoms with E-state index in [2.05, 4.69) is 19.7 Å². The highest BCUT2D eigenvalue weighted by Crippen LogP contribution is 2.38. The van der Waals surface area contributed by atoms with Gasteiger partial charge in [0.1, 0.15) is 11.6 Å². The number of hydrogen-bond acceptors (Lipinski definition) is 8. The molecular weight excluding hydrogens is 448 g/mol. The van der Waals surface area contributed by atoms with Gasteiger partial charge in [0.2, 0.25) is 0 Å². The first-order chi connectivity index (χ1) is 16.7. The quantitative estimate of drug-likeness (QED) is 0.359. The molecule has 0 radical (unpaired) electrons. The number of nitrogens with zero attached hydrogens (tertiary/aromatic N) is 5. The molecule has 0 aliphatic heterocycles. The Labute approximate surface area is 202 Å². The molecule has 176 valence electrons. The van der Waals surface area contributed by atoms with Gasteiger partial charge in [-0.1, -0.05) is 43.2 Å². The number of benzene rings is 2. The number of rotatable bonds is 7. The molecule has 0 atom stereocenters. The van der Waals surface area contributed by atoms with E-state index in [0.717, 1.165) is 40.3 Å². The molecule has 1 saturated carbocycles. The van der Waals surface area contributed by atoms with Crippen LogP contribution in [0.2, 0.25) is 0 Å². The van der Waals surface area contributed by atoms with Gasteiger partial charge in [0.15, 0.2) is 22.5 Å². The Bertz CT molecular complexity index is 1300. The van der Waals surface area contributed by atoms with Crippen LogP contribution < -0.4 is 15.2 Å². The fourth-order valence-electron chi connectivity index (χ4n) is 4.56. The van der Waals surface area contributed by atoms with Gasteiger partial charge in [0.05, 0.1) is 25.5 Å².